The Morgan fingerprint density at radius 3 is 2.84 bits per heavy atom. The van der Waals surface area contributed by atoms with Gasteiger partial charge in [-0.15, -0.1) is 0 Å². The number of aryl methyl sites for hydroxylation is 1. The van der Waals surface area contributed by atoms with Crippen LogP contribution in [0.2, 0.25) is 0 Å². The molecular weight excluding hydrogens is 238 g/mol. The Bertz CT molecular complexity index is 740. The molecule has 3 aromatic rings. The minimum atomic E-state index is 0.302. The standard InChI is InChI=1S/C15H13N3O/c1-10-6-7-12(16)14(8-10)19-15-17-9-11-4-2-3-5-13(11)18-15/h2-9H,16H2,1H3. The Kier molecular flexibility index (Phi) is 2.76. The van der Waals surface area contributed by atoms with Gasteiger partial charge in [0.25, 0.3) is 0 Å². The number of rotatable bonds is 2. The van der Waals surface area contributed by atoms with E-state index in [1.54, 1.807) is 6.20 Å². The van der Waals surface area contributed by atoms with Crippen molar-refractivity contribution >= 4 is 16.6 Å². The fourth-order valence-electron chi connectivity index (χ4n) is 1.83. The highest BCUT2D eigenvalue weighted by molar-refractivity contribution is 5.77. The summed E-state index contributed by atoms with van der Waals surface area (Å²) in [5.41, 5.74) is 8.36. The molecule has 0 aliphatic carbocycles. The van der Waals surface area contributed by atoms with E-state index in [2.05, 4.69) is 9.97 Å². The summed E-state index contributed by atoms with van der Waals surface area (Å²) in [5.74, 6) is 0.579. The lowest BCUT2D eigenvalue weighted by Gasteiger charge is -2.08. The van der Waals surface area contributed by atoms with Crippen LogP contribution in [0.1, 0.15) is 5.56 Å². The predicted molar refractivity (Wildman–Crippen MR) is 75.2 cm³/mol. The number of hydrogen-bond acceptors (Lipinski definition) is 4. The number of anilines is 1. The molecule has 0 unspecified atom stereocenters. The van der Waals surface area contributed by atoms with Gasteiger partial charge in [-0.1, -0.05) is 24.3 Å². The number of hydrogen-bond donors (Lipinski definition) is 1. The summed E-state index contributed by atoms with van der Waals surface area (Å²) in [7, 11) is 0. The minimum Gasteiger partial charge on any atom is -0.422 e. The van der Waals surface area contributed by atoms with Crippen molar-refractivity contribution in [3.63, 3.8) is 0 Å². The average Bonchev–Trinajstić information content (AvgIpc) is 2.43. The van der Waals surface area contributed by atoms with Gasteiger partial charge in [-0.3, -0.25) is 0 Å². The zero-order chi connectivity index (χ0) is 13.2. The van der Waals surface area contributed by atoms with E-state index in [0.717, 1.165) is 16.5 Å². The topological polar surface area (TPSA) is 61.0 Å². The number of benzene rings is 2. The molecule has 0 radical (unpaired) electrons. The highest BCUT2D eigenvalue weighted by Crippen LogP contribution is 2.26. The van der Waals surface area contributed by atoms with E-state index >= 15 is 0 Å². The summed E-state index contributed by atoms with van der Waals surface area (Å²) in [4.78, 5) is 8.54. The van der Waals surface area contributed by atoms with Crippen molar-refractivity contribution in [1.82, 2.24) is 9.97 Å². The highest BCUT2D eigenvalue weighted by atomic mass is 16.5. The van der Waals surface area contributed by atoms with Crippen LogP contribution in [0.5, 0.6) is 11.8 Å². The second-order valence-electron chi connectivity index (χ2n) is 4.35. The SMILES string of the molecule is Cc1ccc(N)c(Oc2ncc3ccccc3n2)c1. The van der Waals surface area contributed by atoms with Gasteiger partial charge in [0.15, 0.2) is 5.75 Å². The molecule has 3 rings (SSSR count). The van der Waals surface area contributed by atoms with Gasteiger partial charge in [-0.2, -0.15) is 4.98 Å². The molecule has 1 heterocycles. The molecule has 19 heavy (non-hydrogen) atoms. The Hall–Kier alpha value is -2.62. The monoisotopic (exact) mass is 251 g/mol. The van der Waals surface area contributed by atoms with Crippen molar-refractivity contribution < 1.29 is 4.74 Å². The van der Waals surface area contributed by atoms with E-state index in [9.17, 15) is 0 Å². The van der Waals surface area contributed by atoms with Crippen molar-refractivity contribution in [1.29, 1.82) is 0 Å². The quantitative estimate of drug-likeness (QED) is 0.710. The number of aromatic nitrogens is 2. The molecule has 0 saturated carbocycles. The predicted octanol–water partition coefficient (Wildman–Crippen LogP) is 3.31. The van der Waals surface area contributed by atoms with Crippen LogP contribution in [0.4, 0.5) is 5.69 Å². The maximum absolute atomic E-state index is 5.87. The fraction of sp³-hybridized carbons (Fsp3) is 0.0667. The van der Waals surface area contributed by atoms with Crippen LogP contribution in [0.3, 0.4) is 0 Å². The molecule has 0 spiro atoms. The second-order valence-corrected chi connectivity index (χ2v) is 4.35. The van der Waals surface area contributed by atoms with Gasteiger partial charge in [0.2, 0.25) is 0 Å². The maximum atomic E-state index is 5.87. The molecule has 1 aromatic heterocycles. The summed E-state index contributed by atoms with van der Waals surface area (Å²) in [6.45, 7) is 1.98. The summed E-state index contributed by atoms with van der Waals surface area (Å²) in [6, 6.07) is 13.7. The number of nitrogens with two attached hydrogens (primary N) is 1. The van der Waals surface area contributed by atoms with Crippen LogP contribution in [0.25, 0.3) is 10.9 Å². The molecule has 2 N–H and O–H groups in total. The molecule has 0 aliphatic rings. The molecule has 0 aliphatic heterocycles. The van der Waals surface area contributed by atoms with E-state index in [-0.39, 0.29) is 0 Å². The smallest absolute Gasteiger partial charge is 0.322 e. The molecule has 0 fully saturated rings. The van der Waals surface area contributed by atoms with Crippen molar-refractivity contribution in [2.45, 2.75) is 6.92 Å². The molecule has 2 aromatic carbocycles. The van der Waals surface area contributed by atoms with Crippen LogP contribution in [-0.2, 0) is 0 Å². The molecule has 4 nitrogen and oxygen atoms in total. The van der Waals surface area contributed by atoms with Crippen LogP contribution in [0.15, 0.2) is 48.7 Å². The van der Waals surface area contributed by atoms with Gasteiger partial charge in [-0.05, 0) is 30.7 Å². The molecule has 0 bridgehead atoms. The lowest BCUT2D eigenvalue weighted by molar-refractivity contribution is 0.446. The first-order valence-electron chi connectivity index (χ1n) is 5.98. The molecule has 94 valence electrons. The third-order valence-corrected chi connectivity index (χ3v) is 2.84. The molecule has 0 amide bonds. The number of nitrogen functional groups attached to an aromatic ring is 1. The van der Waals surface area contributed by atoms with E-state index < -0.39 is 0 Å². The van der Waals surface area contributed by atoms with Crippen molar-refractivity contribution in [3.8, 4) is 11.8 Å². The summed E-state index contributed by atoms with van der Waals surface area (Å²) >= 11 is 0. The summed E-state index contributed by atoms with van der Waals surface area (Å²) in [5, 5.41) is 0.979. The minimum absolute atomic E-state index is 0.302. The van der Waals surface area contributed by atoms with E-state index in [0.29, 0.717) is 17.4 Å². The van der Waals surface area contributed by atoms with Crippen LogP contribution in [-0.4, -0.2) is 9.97 Å². The van der Waals surface area contributed by atoms with Crippen molar-refractivity contribution in [2.75, 3.05) is 5.73 Å². The Morgan fingerprint density at radius 2 is 1.95 bits per heavy atom. The third kappa shape index (κ3) is 2.33. The van der Waals surface area contributed by atoms with E-state index in [1.807, 2.05) is 49.4 Å². The van der Waals surface area contributed by atoms with Crippen LogP contribution < -0.4 is 10.5 Å². The highest BCUT2D eigenvalue weighted by Gasteiger charge is 2.05. The Labute approximate surface area is 110 Å². The number of nitrogens with zero attached hydrogens (tertiary/aromatic N) is 2. The number of ether oxygens (including phenoxy) is 1. The molecule has 0 atom stereocenters. The number of fused-ring (bicyclic) bond motifs is 1. The first kappa shape index (κ1) is 11.5. The average molecular weight is 251 g/mol. The molecular formula is C15H13N3O. The van der Waals surface area contributed by atoms with Gasteiger partial charge in [0.1, 0.15) is 0 Å². The van der Waals surface area contributed by atoms with Crippen molar-refractivity contribution in [3.05, 3.63) is 54.2 Å². The van der Waals surface area contributed by atoms with Crippen molar-refractivity contribution in [2.24, 2.45) is 0 Å². The number of para-hydroxylation sites is 1. The lowest BCUT2D eigenvalue weighted by atomic mass is 10.2. The molecule has 0 saturated heterocycles. The molecule has 4 heteroatoms. The fourth-order valence-corrected chi connectivity index (χ4v) is 1.83. The van der Waals surface area contributed by atoms with Gasteiger partial charge in [0.05, 0.1) is 11.2 Å². The van der Waals surface area contributed by atoms with Gasteiger partial charge < -0.3 is 10.5 Å². The first-order valence-corrected chi connectivity index (χ1v) is 5.98. The summed E-state index contributed by atoms with van der Waals surface area (Å²) < 4.78 is 5.65. The van der Waals surface area contributed by atoms with Gasteiger partial charge in [-0.25, -0.2) is 4.98 Å². The van der Waals surface area contributed by atoms with Gasteiger partial charge in [0, 0.05) is 11.6 Å². The van der Waals surface area contributed by atoms with Gasteiger partial charge >= 0.3 is 6.01 Å². The van der Waals surface area contributed by atoms with E-state index in [1.165, 1.54) is 0 Å². The lowest BCUT2D eigenvalue weighted by Crippen LogP contribution is -1.96. The zero-order valence-electron chi connectivity index (χ0n) is 10.5. The summed E-state index contributed by atoms with van der Waals surface area (Å²) in [6.07, 6.45) is 1.74. The second kappa shape index (κ2) is 4.57. The Balaban J connectivity index is 1.98. The maximum Gasteiger partial charge on any atom is 0.322 e. The largest absolute Gasteiger partial charge is 0.422 e. The van der Waals surface area contributed by atoms with Crippen LogP contribution >= 0.6 is 0 Å². The van der Waals surface area contributed by atoms with Crippen LogP contribution in [0, 0.1) is 6.92 Å². The third-order valence-electron chi connectivity index (χ3n) is 2.84. The first-order chi connectivity index (χ1) is 9.22. The normalized spacial score (nSPS) is 10.6. The Morgan fingerprint density at radius 1 is 1.11 bits per heavy atom. The zero-order valence-corrected chi connectivity index (χ0v) is 10.5. The van der Waals surface area contributed by atoms with E-state index in [4.69, 9.17) is 10.5 Å².